The maximum atomic E-state index is 12.5. The quantitative estimate of drug-likeness (QED) is 0.622. The third kappa shape index (κ3) is 3.51. The highest BCUT2D eigenvalue weighted by Crippen LogP contribution is 2.33. The molecule has 0 amide bonds. The molecule has 0 unspecified atom stereocenters. The summed E-state index contributed by atoms with van der Waals surface area (Å²) in [5.74, 6) is -0.745. The maximum absolute atomic E-state index is 12.5. The van der Waals surface area contributed by atoms with Gasteiger partial charge in [0.2, 0.25) is 5.82 Å². The Kier molecular flexibility index (Phi) is 4.19. The van der Waals surface area contributed by atoms with E-state index in [1.165, 1.54) is 6.07 Å². The van der Waals surface area contributed by atoms with Gasteiger partial charge in [-0.3, -0.25) is 0 Å². The maximum Gasteiger partial charge on any atom is 0.471 e. The number of benzene rings is 2. The van der Waals surface area contributed by atoms with Crippen LogP contribution in [0.4, 0.5) is 13.2 Å². The number of halogens is 4. The van der Waals surface area contributed by atoms with E-state index in [1.807, 2.05) is 13.0 Å². The van der Waals surface area contributed by atoms with Gasteiger partial charge in [0.05, 0.1) is 5.02 Å². The van der Waals surface area contributed by atoms with Gasteiger partial charge in [-0.15, -0.1) is 0 Å². The first-order chi connectivity index (χ1) is 11.3. The van der Waals surface area contributed by atoms with Crippen molar-refractivity contribution in [1.29, 1.82) is 0 Å². The van der Waals surface area contributed by atoms with Crippen molar-refractivity contribution in [2.75, 3.05) is 0 Å². The third-order valence-electron chi connectivity index (χ3n) is 3.08. The predicted molar refractivity (Wildman–Crippen MR) is 81.0 cm³/mol. The lowest BCUT2D eigenvalue weighted by Crippen LogP contribution is -2.04. The number of nitrogens with zero attached hydrogens (tertiary/aromatic N) is 2. The number of aryl methyl sites for hydroxylation is 1. The zero-order chi connectivity index (χ0) is 17.3. The summed E-state index contributed by atoms with van der Waals surface area (Å²) in [7, 11) is 0. The molecule has 0 saturated heterocycles. The molecule has 4 nitrogen and oxygen atoms in total. The fourth-order valence-corrected chi connectivity index (χ4v) is 2.13. The van der Waals surface area contributed by atoms with E-state index in [-0.39, 0.29) is 5.82 Å². The molecule has 0 aliphatic rings. The molecule has 3 aromatic rings. The monoisotopic (exact) mass is 354 g/mol. The van der Waals surface area contributed by atoms with E-state index in [0.29, 0.717) is 22.1 Å². The van der Waals surface area contributed by atoms with Crippen LogP contribution in [0, 0.1) is 6.92 Å². The molecule has 3 rings (SSSR count). The zero-order valence-electron chi connectivity index (χ0n) is 12.3. The largest absolute Gasteiger partial charge is 0.471 e. The van der Waals surface area contributed by atoms with E-state index in [9.17, 15) is 13.2 Å². The minimum atomic E-state index is -4.69. The van der Waals surface area contributed by atoms with Crippen molar-refractivity contribution in [1.82, 2.24) is 10.1 Å². The Balaban J connectivity index is 1.89. The normalized spacial score (nSPS) is 11.5. The number of ether oxygens (including phenoxy) is 1. The Labute approximate surface area is 139 Å². The second-order valence-corrected chi connectivity index (χ2v) is 5.39. The lowest BCUT2D eigenvalue weighted by molar-refractivity contribution is -0.159. The molecule has 0 N–H and O–H groups in total. The number of hydrogen-bond donors (Lipinski definition) is 0. The summed E-state index contributed by atoms with van der Waals surface area (Å²) in [5.41, 5.74) is 1.29. The molecule has 1 aromatic heterocycles. The van der Waals surface area contributed by atoms with Crippen LogP contribution >= 0.6 is 11.6 Å². The van der Waals surface area contributed by atoms with Gasteiger partial charge in [-0.1, -0.05) is 35.0 Å². The molecule has 0 spiro atoms. The number of alkyl halides is 3. The molecule has 0 radical (unpaired) electrons. The van der Waals surface area contributed by atoms with Gasteiger partial charge < -0.3 is 9.26 Å². The van der Waals surface area contributed by atoms with Crippen LogP contribution in [0.3, 0.4) is 0 Å². The molecule has 0 saturated carbocycles. The Morgan fingerprint density at radius 2 is 1.92 bits per heavy atom. The van der Waals surface area contributed by atoms with Gasteiger partial charge in [0.15, 0.2) is 0 Å². The van der Waals surface area contributed by atoms with E-state index in [0.717, 1.165) is 5.56 Å². The second-order valence-electron chi connectivity index (χ2n) is 4.98. The number of hydrogen-bond acceptors (Lipinski definition) is 4. The standard InChI is InChI=1S/C16H10ClF3N2O2/c1-9-5-6-12(17)13(7-9)23-11-4-2-3-10(8-11)14-21-15(24-22-14)16(18,19)20/h2-8H,1H3. The first-order valence-electron chi connectivity index (χ1n) is 6.78. The smallest absolute Gasteiger partial charge is 0.456 e. The minimum absolute atomic E-state index is 0.178. The molecule has 0 aliphatic carbocycles. The van der Waals surface area contributed by atoms with Crippen LogP contribution in [0.25, 0.3) is 11.4 Å². The highest BCUT2D eigenvalue weighted by Gasteiger charge is 2.38. The fraction of sp³-hybridized carbons (Fsp3) is 0.125. The molecule has 0 atom stereocenters. The van der Waals surface area contributed by atoms with Crippen LogP contribution in [0.1, 0.15) is 11.5 Å². The van der Waals surface area contributed by atoms with Crippen LogP contribution in [0.2, 0.25) is 5.02 Å². The SMILES string of the molecule is Cc1ccc(Cl)c(Oc2cccc(-c3noc(C(F)(F)F)n3)c2)c1. The summed E-state index contributed by atoms with van der Waals surface area (Å²) >= 11 is 6.07. The van der Waals surface area contributed by atoms with Crippen LogP contribution in [-0.2, 0) is 6.18 Å². The summed E-state index contributed by atoms with van der Waals surface area (Å²) in [4.78, 5) is 3.35. The first-order valence-corrected chi connectivity index (χ1v) is 7.16. The highest BCUT2D eigenvalue weighted by atomic mass is 35.5. The average Bonchev–Trinajstić information content (AvgIpc) is 3.01. The van der Waals surface area contributed by atoms with E-state index < -0.39 is 12.1 Å². The van der Waals surface area contributed by atoms with Crippen LogP contribution < -0.4 is 4.74 Å². The topological polar surface area (TPSA) is 48.2 Å². The van der Waals surface area contributed by atoms with Crippen LogP contribution in [-0.4, -0.2) is 10.1 Å². The van der Waals surface area contributed by atoms with Gasteiger partial charge >= 0.3 is 12.1 Å². The van der Waals surface area contributed by atoms with Crippen molar-refractivity contribution in [3.63, 3.8) is 0 Å². The van der Waals surface area contributed by atoms with Crippen LogP contribution in [0.15, 0.2) is 47.0 Å². The summed E-state index contributed by atoms with van der Waals surface area (Å²) in [6, 6.07) is 11.6. The minimum Gasteiger partial charge on any atom is -0.456 e. The first kappa shape index (κ1) is 16.3. The molecule has 24 heavy (non-hydrogen) atoms. The highest BCUT2D eigenvalue weighted by molar-refractivity contribution is 6.32. The van der Waals surface area contributed by atoms with Gasteiger partial charge in [0, 0.05) is 5.56 Å². The molecule has 2 aromatic carbocycles. The van der Waals surface area contributed by atoms with Crippen molar-refractivity contribution >= 4 is 11.6 Å². The average molecular weight is 355 g/mol. The summed E-state index contributed by atoms with van der Waals surface area (Å²) < 4.78 is 47.5. The molecule has 1 heterocycles. The fourth-order valence-electron chi connectivity index (χ4n) is 1.97. The second kappa shape index (κ2) is 6.16. The summed E-state index contributed by atoms with van der Waals surface area (Å²) in [6.45, 7) is 1.89. The number of aromatic nitrogens is 2. The summed E-state index contributed by atoms with van der Waals surface area (Å²) in [6.07, 6.45) is -4.69. The Hall–Kier alpha value is -2.54. The Bertz CT molecular complexity index is 878. The molecule has 0 bridgehead atoms. The van der Waals surface area contributed by atoms with Gasteiger partial charge in [-0.05, 0) is 36.8 Å². The molecule has 0 fully saturated rings. The van der Waals surface area contributed by atoms with Crippen molar-refractivity contribution in [3.05, 3.63) is 58.9 Å². The third-order valence-corrected chi connectivity index (χ3v) is 3.39. The zero-order valence-corrected chi connectivity index (χ0v) is 13.0. The lowest BCUT2D eigenvalue weighted by Gasteiger charge is -2.09. The van der Waals surface area contributed by atoms with E-state index >= 15 is 0 Å². The number of rotatable bonds is 3. The predicted octanol–water partition coefficient (Wildman–Crippen LogP) is 5.51. The lowest BCUT2D eigenvalue weighted by atomic mass is 10.2. The van der Waals surface area contributed by atoms with Gasteiger partial charge in [-0.25, -0.2) is 0 Å². The molecule has 8 heteroatoms. The van der Waals surface area contributed by atoms with Gasteiger partial charge in [-0.2, -0.15) is 18.2 Å². The summed E-state index contributed by atoms with van der Waals surface area (Å²) in [5, 5.41) is 3.77. The van der Waals surface area contributed by atoms with Crippen molar-refractivity contribution in [2.45, 2.75) is 13.1 Å². The van der Waals surface area contributed by atoms with E-state index in [4.69, 9.17) is 16.3 Å². The molecule has 0 aliphatic heterocycles. The van der Waals surface area contributed by atoms with Gasteiger partial charge in [0.1, 0.15) is 11.5 Å². The molecular formula is C16H10ClF3N2O2. The van der Waals surface area contributed by atoms with E-state index in [2.05, 4.69) is 14.7 Å². The van der Waals surface area contributed by atoms with Gasteiger partial charge in [0.25, 0.3) is 0 Å². The van der Waals surface area contributed by atoms with Crippen LogP contribution in [0.5, 0.6) is 11.5 Å². The van der Waals surface area contributed by atoms with Crippen molar-refractivity contribution in [2.24, 2.45) is 0 Å². The van der Waals surface area contributed by atoms with E-state index in [1.54, 1.807) is 30.3 Å². The molecular weight excluding hydrogens is 345 g/mol. The Morgan fingerprint density at radius 3 is 2.62 bits per heavy atom. The Morgan fingerprint density at radius 1 is 1.12 bits per heavy atom. The van der Waals surface area contributed by atoms with Crippen molar-refractivity contribution in [3.8, 4) is 22.9 Å². The molecule has 124 valence electrons. The van der Waals surface area contributed by atoms with Crippen molar-refractivity contribution < 1.29 is 22.4 Å².